The summed E-state index contributed by atoms with van der Waals surface area (Å²) >= 11 is 7.14. The number of rotatable bonds is 10. The smallest absolute Gasteiger partial charge is 0.222 e. The average Bonchev–Trinajstić information content (AvgIpc) is 3.00. The van der Waals surface area contributed by atoms with Gasteiger partial charge in [-0.05, 0) is 74.8 Å². The Balaban J connectivity index is 1.73. The number of piperidine rings is 3. The Hall–Kier alpha value is -2.44. The van der Waals surface area contributed by atoms with Gasteiger partial charge >= 0.3 is 0 Å². The molecule has 0 N–H and O–H groups in total. The normalized spacial score (nSPS) is 23.3. The highest BCUT2D eigenvalue weighted by Crippen LogP contribution is 2.48. The average molecular weight is 593 g/mol. The second kappa shape index (κ2) is 12.3. The van der Waals surface area contributed by atoms with Gasteiger partial charge in [0.1, 0.15) is 22.8 Å². The van der Waals surface area contributed by atoms with E-state index >= 15 is 0 Å². The first-order chi connectivity index (χ1) is 20.1. The monoisotopic (exact) mass is 592 g/mol. The maximum atomic E-state index is 7.36. The fourth-order valence-electron chi connectivity index (χ4n) is 7.51. The van der Waals surface area contributed by atoms with E-state index in [2.05, 4.69) is 65.5 Å². The van der Waals surface area contributed by atoms with E-state index in [1.54, 1.807) is 7.11 Å². The molecule has 1 unspecified atom stereocenters. The zero-order valence-electron chi connectivity index (χ0n) is 26.8. The molecule has 228 valence electrons. The highest BCUT2D eigenvalue weighted by atomic mass is 35.5. The number of benzene rings is 1. The Morgan fingerprint density at radius 2 is 1.79 bits per heavy atom. The van der Waals surface area contributed by atoms with Gasteiger partial charge in [-0.25, -0.2) is 4.98 Å². The molecule has 0 radical (unpaired) electrons. The third kappa shape index (κ3) is 5.61. The third-order valence-electron chi connectivity index (χ3n) is 10.4. The van der Waals surface area contributed by atoms with Crippen LogP contribution in [0.5, 0.6) is 11.6 Å². The molecule has 0 spiro atoms. The molecule has 42 heavy (non-hydrogen) atoms. The van der Waals surface area contributed by atoms with Crippen molar-refractivity contribution in [3.63, 3.8) is 0 Å². The van der Waals surface area contributed by atoms with Crippen LogP contribution in [-0.4, -0.2) is 46.1 Å². The Bertz CT molecular complexity index is 1390. The minimum absolute atomic E-state index is 0.171. The first kappa shape index (κ1) is 31.0. The Kier molecular flexibility index (Phi) is 9.06. The van der Waals surface area contributed by atoms with Crippen molar-refractivity contribution in [3.8, 4) is 11.6 Å². The van der Waals surface area contributed by atoms with E-state index in [1.807, 2.05) is 18.3 Å². The largest absolute Gasteiger partial charge is 0.497 e. The number of hydrogen-bond donors (Lipinski definition) is 0. The molecule has 0 aliphatic carbocycles. The van der Waals surface area contributed by atoms with Crippen LogP contribution in [0.1, 0.15) is 110 Å². The van der Waals surface area contributed by atoms with Crippen molar-refractivity contribution in [2.75, 3.05) is 20.2 Å². The van der Waals surface area contributed by atoms with Gasteiger partial charge in [0.25, 0.3) is 0 Å². The van der Waals surface area contributed by atoms with Gasteiger partial charge in [-0.2, -0.15) is 4.98 Å². The van der Waals surface area contributed by atoms with Crippen molar-refractivity contribution in [1.82, 2.24) is 19.9 Å². The third-order valence-corrected chi connectivity index (χ3v) is 10.7. The van der Waals surface area contributed by atoms with E-state index in [4.69, 9.17) is 36.0 Å². The lowest BCUT2D eigenvalue weighted by Crippen LogP contribution is -2.56. The fourth-order valence-corrected chi connectivity index (χ4v) is 7.87. The molecule has 3 fully saturated rings. The van der Waals surface area contributed by atoms with Crippen molar-refractivity contribution < 1.29 is 9.47 Å². The van der Waals surface area contributed by atoms with Crippen LogP contribution in [0.2, 0.25) is 5.15 Å². The van der Waals surface area contributed by atoms with E-state index in [-0.39, 0.29) is 23.0 Å². The van der Waals surface area contributed by atoms with Crippen molar-refractivity contribution >= 4 is 22.5 Å². The number of ether oxygens (including phenoxy) is 2. The molecule has 3 aliphatic heterocycles. The molecule has 5 heterocycles. The van der Waals surface area contributed by atoms with Gasteiger partial charge in [0.2, 0.25) is 5.88 Å². The first-order valence-corrected chi connectivity index (χ1v) is 16.4. The van der Waals surface area contributed by atoms with Crippen LogP contribution < -0.4 is 9.47 Å². The second-order valence-electron chi connectivity index (χ2n) is 13.4. The van der Waals surface area contributed by atoms with Gasteiger partial charge in [-0.15, -0.1) is 0 Å². The molecule has 2 bridgehead atoms. The van der Waals surface area contributed by atoms with E-state index in [1.165, 1.54) is 12.8 Å². The van der Waals surface area contributed by atoms with Crippen molar-refractivity contribution in [2.45, 2.75) is 110 Å². The number of aromatic nitrogens is 3. The fraction of sp³-hybridized carbons (Fsp3) is 0.629. The highest BCUT2D eigenvalue weighted by Gasteiger charge is 2.45. The van der Waals surface area contributed by atoms with E-state index in [0.29, 0.717) is 22.8 Å². The summed E-state index contributed by atoms with van der Waals surface area (Å²) in [6.45, 7) is 17.7. The first-order valence-electron chi connectivity index (χ1n) is 16.0. The summed E-state index contributed by atoms with van der Waals surface area (Å²) in [6, 6.07) is 8.47. The zero-order valence-corrected chi connectivity index (χ0v) is 27.6. The van der Waals surface area contributed by atoms with Crippen LogP contribution in [0, 0.1) is 11.8 Å². The molecule has 1 aromatic carbocycles. The summed E-state index contributed by atoms with van der Waals surface area (Å²) in [5, 5.41) is 1.58. The van der Waals surface area contributed by atoms with Gasteiger partial charge in [0, 0.05) is 34.5 Å². The standard InChI is InChI=1S/C35H49ClN4O2/c1-9-22-21-40-18-16-23(22)19-28(40)30(25-15-17-37-27-14-13-24(41-8)20-26(25)27)42-32-29(35(10-2,11-3)12-4)31(36)38-33(39-32)34(5,6)7/h13-15,17,20,22-23,28,30H,9-12,16,18-19,21H2,1-8H3/t22-,23-,28-,30+/m0/s1. The molecule has 3 aromatic rings. The van der Waals surface area contributed by atoms with E-state index < -0.39 is 0 Å². The predicted molar refractivity (Wildman–Crippen MR) is 172 cm³/mol. The van der Waals surface area contributed by atoms with Gasteiger partial charge in [-0.3, -0.25) is 9.88 Å². The lowest BCUT2D eigenvalue weighted by molar-refractivity contribution is -0.0499. The van der Waals surface area contributed by atoms with Crippen LogP contribution in [0.4, 0.5) is 0 Å². The molecule has 0 amide bonds. The molecular weight excluding hydrogens is 544 g/mol. The maximum Gasteiger partial charge on any atom is 0.222 e. The summed E-state index contributed by atoms with van der Waals surface area (Å²) in [7, 11) is 1.71. The quantitative estimate of drug-likeness (QED) is 0.219. The SMILES string of the molecule is CC[C@H]1CN2CC[C@H]1C[C@H]2[C@H](Oc1nc(C(C)(C)C)nc(Cl)c1C(CC)(CC)CC)c1ccnc2ccc(OC)cc12. The Morgan fingerprint density at radius 1 is 1.05 bits per heavy atom. The number of methoxy groups -OCH3 is 1. The minimum atomic E-state index is -0.276. The number of hydrogen-bond acceptors (Lipinski definition) is 6. The number of fused-ring (bicyclic) bond motifs is 4. The highest BCUT2D eigenvalue weighted by molar-refractivity contribution is 6.30. The molecule has 6 rings (SSSR count). The lowest BCUT2D eigenvalue weighted by Gasteiger charge is -2.52. The zero-order chi connectivity index (χ0) is 30.2. The van der Waals surface area contributed by atoms with Crippen LogP contribution in [-0.2, 0) is 10.8 Å². The molecule has 2 aromatic heterocycles. The molecule has 3 aliphatic rings. The number of pyridine rings is 1. The molecule has 6 nitrogen and oxygen atoms in total. The Labute approximate surface area is 257 Å². The summed E-state index contributed by atoms with van der Waals surface area (Å²) in [4.78, 5) is 17.5. The number of nitrogens with zero attached hydrogens (tertiary/aromatic N) is 4. The van der Waals surface area contributed by atoms with Crippen LogP contribution >= 0.6 is 11.6 Å². The summed E-state index contributed by atoms with van der Waals surface area (Å²) in [6.07, 6.45) is 8.06. The molecule has 3 saturated heterocycles. The van der Waals surface area contributed by atoms with Gasteiger partial charge in [0.15, 0.2) is 0 Å². The Morgan fingerprint density at radius 3 is 2.38 bits per heavy atom. The molecule has 0 saturated carbocycles. The van der Waals surface area contributed by atoms with Crippen molar-refractivity contribution in [3.05, 3.63) is 52.6 Å². The molecule has 7 heteroatoms. The van der Waals surface area contributed by atoms with Crippen LogP contribution in [0.15, 0.2) is 30.5 Å². The molecular formula is C35H49ClN4O2. The summed E-state index contributed by atoms with van der Waals surface area (Å²) < 4.78 is 13.0. The maximum absolute atomic E-state index is 7.36. The van der Waals surface area contributed by atoms with Gasteiger partial charge in [-0.1, -0.05) is 66.5 Å². The van der Waals surface area contributed by atoms with E-state index in [0.717, 1.165) is 72.5 Å². The molecule has 5 atom stereocenters. The predicted octanol–water partition coefficient (Wildman–Crippen LogP) is 8.69. The van der Waals surface area contributed by atoms with E-state index in [9.17, 15) is 0 Å². The van der Waals surface area contributed by atoms with Crippen molar-refractivity contribution in [1.29, 1.82) is 0 Å². The van der Waals surface area contributed by atoms with Crippen LogP contribution in [0.3, 0.4) is 0 Å². The van der Waals surface area contributed by atoms with Gasteiger partial charge in [0.05, 0.1) is 24.2 Å². The van der Waals surface area contributed by atoms with Gasteiger partial charge < -0.3 is 9.47 Å². The minimum Gasteiger partial charge on any atom is -0.497 e. The van der Waals surface area contributed by atoms with Crippen molar-refractivity contribution in [2.24, 2.45) is 11.8 Å². The lowest BCUT2D eigenvalue weighted by atomic mass is 9.72. The summed E-state index contributed by atoms with van der Waals surface area (Å²) in [5.41, 5.74) is 2.56. The summed E-state index contributed by atoms with van der Waals surface area (Å²) in [5.74, 6) is 3.61. The second-order valence-corrected chi connectivity index (χ2v) is 13.8. The van der Waals surface area contributed by atoms with Crippen LogP contribution in [0.25, 0.3) is 10.9 Å². The topological polar surface area (TPSA) is 60.4 Å². The number of halogens is 1.